The Hall–Kier alpha value is -1.86. The average molecular weight is 432 g/mol. The summed E-state index contributed by atoms with van der Waals surface area (Å²) in [7, 11) is 0. The second-order valence-electron chi connectivity index (χ2n) is 7.54. The molecule has 1 aliphatic heterocycles. The van der Waals surface area contributed by atoms with Crippen molar-refractivity contribution in [3.8, 4) is 11.3 Å². The number of aryl methyl sites for hydroxylation is 2. The van der Waals surface area contributed by atoms with Gasteiger partial charge in [-0.15, -0.1) is 23.1 Å². The minimum absolute atomic E-state index is 0.116. The van der Waals surface area contributed by atoms with Crippen LogP contribution in [-0.4, -0.2) is 45.8 Å². The van der Waals surface area contributed by atoms with Gasteiger partial charge in [-0.05, 0) is 45.1 Å². The summed E-state index contributed by atoms with van der Waals surface area (Å²) < 4.78 is 0. The van der Waals surface area contributed by atoms with Gasteiger partial charge in [-0.1, -0.05) is 30.7 Å². The molecule has 1 aliphatic rings. The monoisotopic (exact) mass is 431 g/mol. The molecular weight excluding hydrogens is 402 g/mol. The van der Waals surface area contributed by atoms with Gasteiger partial charge in [0.2, 0.25) is 11.8 Å². The minimum atomic E-state index is -0.116. The Morgan fingerprint density at radius 3 is 2.86 bits per heavy atom. The van der Waals surface area contributed by atoms with E-state index in [1.54, 1.807) is 0 Å². The van der Waals surface area contributed by atoms with Gasteiger partial charge in [-0.2, -0.15) is 0 Å². The molecule has 0 saturated carbocycles. The predicted octanol–water partition coefficient (Wildman–Crippen LogP) is 4.89. The van der Waals surface area contributed by atoms with Crippen molar-refractivity contribution in [1.29, 1.82) is 0 Å². The normalized spacial score (nSPS) is 16.7. The summed E-state index contributed by atoms with van der Waals surface area (Å²) in [6.07, 6.45) is 4.39. The number of carbonyl (C=O) groups is 2. The predicted molar refractivity (Wildman–Crippen MR) is 123 cm³/mol. The quantitative estimate of drug-likeness (QED) is 0.678. The molecule has 1 fully saturated rings. The Morgan fingerprint density at radius 1 is 1.28 bits per heavy atom. The van der Waals surface area contributed by atoms with Gasteiger partial charge in [-0.25, -0.2) is 4.98 Å². The lowest BCUT2D eigenvalue weighted by Gasteiger charge is -2.35. The van der Waals surface area contributed by atoms with E-state index in [1.165, 1.54) is 40.6 Å². The van der Waals surface area contributed by atoms with E-state index in [2.05, 4.69) is 49.3 Å². The van der Waals surface area contributed by atoms with Crippen LogP contribution in [0.2, 0.25) is 0 Å². The van der Waals surface area contributed by atoms with Crippen LogP contribution >= 0.6 is 23.1 Å². The molecule has 1 N–H and O–H groups in total. The Balaban J connectivity index is 1.47. The number of rotatable bonds is 7. The van der Waals surface area contributed by atoms with Crippen LogP contribution in [0.5, 0.6) is 0 Å². The fraction of sp³-hybridized carbons (Fsp3) is 0.500. The average Bonchev–Trinajstić information content (AvgIpc) is 3.15. The number of thiazole rings is 1. The Kier molecular flexibility index (Phi) is 7.72. The molecular formula is C22H29N3O2S2. The third-order valence-electron chi connectivity index (χ3n) is 5.29. The molecule has 0 radical (unpaired) electrons. The van der Waals surface area contributed by atoms with Gasteiger partial charge in [0.05, 0.1) is 17.2 Å². The summed E-state index contributed by atoms with van der Waals surface area (Å²) in [5.41, 5.74) is 4.35. The Labute approximate surface area is 181 Å². The largest absolute Gasteiger partial charge is 0.339 e. The number of amides is 2. The molecule has 3 rings (SSSR count). The molecule has 1 atom stereocenters. The van der Waals surface area contributed by atoms with Crippen LogP contribution in [0.3, 0.4) is 0 Å². The first-order valence-electron chi connectivity index (χ1n) is 10.2. The molecule has 5 nitrogen and oxygen atoms in total. The number of hydrogen-bond donors (Lipinski definition) is 1. The van der Waals surface area contributed by atoms with Gasteiger partial charge < -0.3 is 10.2 Å². The van der Waals surface area contributed by atoms with E-state index < -0.39 is 0 Å². The number of likely N-dealkylation sites (tertiary alicyclic amines) is 1. The Bertz CT molecular complexity index is 865. The lowest BCUT2D eigenvalue weighted by atomic mass is 10.0. The highest BCUT2D eigenvalue weighted by atomic mass is 32.2. The van der Waals surface area contributed by atoms with E-state index in [-0.39, 0.29) is 17.6 Å². The molecule has 0 spiro atoms. The molecule has 1 saturated heterocycles. The minimum Gasteiger partial charge on any atom is -0.339 e. The van der Waals surface area contributed by atoms with E-state index >= 15 is 0 Å². The van der Waals surface area contributed by atoms with Crippen LogP contribution in [0.1, 0.15) is 43.7 Å². The van der Waals surface area contributed by atoms with E-state index in [1.807, 2.05) is 10.3 Å². The highest BCUT2D eigenvalue weighted by Gasteiger charge is 2.25. The van der Waals surface area contributed by atoms with Gasteiger partial charge in [-0.3, -0.25) is 9.59 Å². The lowest BCUT2D eigenvalue weighted by molar-refractivity contribution is -0.132. The van der Waals surface area contributed by atoms with E-state index in [4.69, 9.17) is 0 Å². The van der Waals surface area contributed by atoms with Crippen molar-refractivity contribution in [2.45, 2.75) is 52.5 Å². The smallest absolute Gasteiger partial charge is 0.236 e. The zero-order valence-corrected chi connectivity index (χ0v) is 19.0. The second-order valence-corrected chi connectivity index (χ2v) is 9.39. The molecule has 1 aromatic carbocycles. The van der Waals surface area contributed by atoms with Crippen LogP contribution in [0, 0.1) is 13.8 Å². The van der Waals surface area contributed by atoms with Crippen LogP contribution in [-0.2, 0) is 9.59 Å². The van der Waals surface area contributed by atoms with Crippen LogP contribution < -0.4 is 5.32 Å². The summed E-state index contributed by atoms with van der Waals surface area (Å²) in [6.45, 7) is 7.13. The van der Waals surface area contributed by atoms with Crippen molar-refractivity contribution in [2.75, 3.05) is 23.4 Å². The van der Waals surface area contributed by atoms with Gasteiger partial charge >= 0.3 is 0 Å². The maximum absolute atomic E-state index is 12.5. The standard InChI is InChI=1S/C22H29N3O2S2/c1-4-17-7-5-6-10-25(17)21(27)14-28-13-20(26)24-22-23-19(12-29-22)18-9-8-15(2)11-16(18)3/h8-9,11-12,17H,4-7,10,13-14H2,1-3H3,(H,23,24,26). The number of hydrogen-bond acceptors (Lipinski definition) is 5. The summed E-state index contributed by atoms with van der Waals surface area (Å²) in [6, 6.07) is 6.63. The van der Waals surface area contributed by atoms with Crippen LogP contribution in [0.4, 0.5) is 5.13 Å². The molecule has 2 amide bonds. The maximum atomic E-state index is 12.5. The first-order chi connectivity index (χ1) is 14.0. The third-order valence-corrected chi connectivity index (χ3v) is 6.96. The zero-order valence-electron chi connectivity index (χ0n) is 17.4. The number of aromatic nitrogens is 1. The van der Waals surface area contributed by atoms with Gasteiger partial charge in [0.25, 0.3) is 0 Å². The number of piperidine rings is 1. The molecule has 0 bridgehead atoms. The SMILES string of the molecule is CCC1CCCCN1C(=O)CSCC(=O)Nc1nc(-c2ccc(C)cc2C)cs1. The van der Waals surface area contributed by atoms with E-state index in [0.29, 0.717) is 16.9 Å². The van der Waals surface area contributed by atoms with E-state index in [9.17, 15) is 9.59 Å². The van der Waals surface area contributed by atoms with Crippen LogP contribution in [0.15, 0.2) is 23.6 Å². The number of anilines is 1. The first kappa shape index (κ1) is 21.8. The van der Waals surface area contributed by atoms with Crippen molar-refractivity contribution < 1.29 is 9.59 Å². The van der Waals surface area contributed by atoms with Crippen molar-refractivity contribution >= 4 is 40.0 Å². The highest BCUT2D eigenvalue weighted by Crippen LogP contribution is 2.28. The summed E-state index contributed by atoms with van der Waals surface area (Å²) >= 11 is 2.80. The molecule has 29 heavy (non-hydrogen) atoms. The lowest BCUT2D eigenvalue weighted by Crippen LogP contribution is -2.44. The maximum Gasteiger partial charge on any atom is 0.236 e. The highest BCUT2D eigenvalue weighted by molar-refractivity contribution is 8.00. The van der Waals surface area contributed by atoms with Crippen molar-refractivity contribution in [3.05, 3.63) is 34.7 Å². The Morgan fingerprint density at radius 2 is 2.10 bits per heavy atom. The summed E-state index contributed by atoms with van der Waals surface area (Å²) in [5, 5.41) is 5.42. The van der Waals surface area contributed by atoms with Gasteiger partial charge in [0.15, 0.2) is 5.13 Å². The molecule has 1 unspecified atom stereocenters. The number of nitrogens with one attached hydrogen (secondary N) is 1. The summed E-state index contributed by atoms with van der Waals surface area (Å²) in [5.74, 6) is 0.653. The second kappa shape index (κ2) is 10.3. The molecule has 2 aromatic rings. The van der Waals surface area contributed by atoms with Crippen molar-refractivity contribution in [2.24, 2.45) is 0 Å². The number of benzene rings is 1. The number of nitrogens with zero attached hydrogens (tertiary/aromatic N) is 2. The summed E-state index contributed by atoms with van der Waals surface area (Å²) in [4.78, 5) is 31.3. The zero-order chi connectivity index (χ0) is 20.8. The van der Waals surface area contributed by atoms with Crippen molar-refractivity contribution in [3.63, 3.8) is 0 Å². The molecule has 7 heteroatoms. The fourth-order valence-electron chi connectivity index (χ4n) is 3.78. The van der Waals surface area contributed by atoms with Crippen LogP contribution in [0.25, 0.3) is 11.3 Å². The topological polar surface area (TPSA) is 62.3 Å². The van der Waals surface area contributed by atoms with Gasteiger partial charge in [0.1, 0.15) is 0 Å². The van der Waals surface area contributed by atoms with Crippen molar-refractivity contribution in [1.82, 2.24) is 9.88 Å². The molecule has 2 heterocycles. The number of thioether (sulfide) groups is 1. The molecule has 1 aromatic heterocycles. The number of carbonyl (C=O) groups excluding carboxylic acids is 2. The molecule has 0 aliphatic carbocycles. The van der Waals surface area contributed by atoms with Gasteiger partial charge in [0, 0.05) is 23.5 Å². The van der Waals surface area contributed by atoms with E-state index in [0.717, 1.165) is 37.1 Å². The fourth-order valence-corrected chi connectivity index (χ4v) is 5.21. The molecule has 156 valence electrons. The first-order valence-corrected chi connectivity index (χ1v) is 12.2. The third kappa shape index (κ3) is 5.82.